The van der Waals surface area contributed by atoms with Crippen LogP contribution in [0, 0.1) is 29.6 Å². The summed E-state index contributed by atoms with van der Waals surface area (Å²) in [6, 6.07) is 5.35. The van der Waals surface area contributed by atoms with Crippen molar-refractivity contribution in [3.63, 3.8) is 0 Å². The summed E-state index contributed by atoms with van der Waals surface area (Å²) in [5.74, 6) is 10.7. The second-order valence-electron chi connectivity index (χ2n) is 6.36. The molecule has 4 N–H and O–H groups in total. The average molecular weight is 338 g/mol. The van der Waals surface area contributed by atoms with Crippen molar-refractivity contribution in [3.8, 4) is 23.7 Å². The van der Waals surface area contributed by atoms with Crippen molar-refractivity contribution < 1.29 is 19.9 Å². The summed E-state index contributed by atoms with van der Waals surface area (Å²) in [5.41, 5.74) is 1.23. The summed E-state index contributed by atoms with van der Waals surface area (Å²) < 4.78 is 0. The Hall–Kier alpha value is -2.80. The van der Waals surface area contributed by atoms with E-state index < -0.39 is 23.5 Å². The van der Waals surface area contributed by atoms with Crippen LogP contribution in [0.4, 0.5) is 0 Å². The summed E-state index contributed by atoms with van der Waals surface area (Å²) in [4.78, 5) is 23.9. The molecule has 0 heterocycles. The Balaban J connectivity index is 1.63. The Labute approximate surface area is 145 Å². The first-order valence-corrected chi connectivity index (χ1v) is 8.11. The molecule has 2 fully saturated rings. The number of aliphatic hydroxyl groups is 1. The molecule has 1 unspecified atom stereocenters. The Bertz CT molecular complexity index is 800. The van der Waals surface area contributed by atoms with E-state index in [4.69, 9.17) is 5.21 Å². The fourth-order valence-electron chi connectivity index (χ4n) is 2.31. The Morgan fingerprint density at radius 1 is 1.16 bits per heavy atom. The maximum Gasteiger partial charge on any atom is 0.268 e. The first-order valence-electron chi connectivity index (χ1n) is 8.11. The number of hydrogen-bond donors (Lipinski definition) is 4. The van der Waals surface area contributed by atoms with E-state index in [-0.39, 0.29) is 0 Å². The van der Waals surface area contributed by atoms with Crippen molar-refractivity contribution in [3.05, 3.63) is 35.4 Å². The molecule has 0 aliphatic heterocycles. The molecular formula is C19H18N2O4. The lowest BCUT2D eigenvalue weighted by molar-refractivity contribution is -0.134. The molecule has 3 rings (SSSR count). The second kappa shape index (κ2) is 6.98. The SMILES string of the molecule is O=C(NC(C(=O)NO)C1(O)CC1)c1ccc(C#CC#CC2CC2)cc1. The molecule has 2 amide bonds. The largest absolute Gasteiger partial charge is 0.387 e. The van der Waals surface area contributed by atoms with Crippen LogP contribution in [0.2, 0.25) is 0 Å². The molecule has 2 saturated carbocycles. The number of carbonyl (C=O) groups excluding carboxylic acids is 2. The van der Waals surface area contributed by atoms with Gasteiger partial charge in [0.05, 0.1) is 5.60 Å². The Morgan fingerprint density at radius 2 is 1.84 bits per heavy atom. The summed E-state index contributed by atoms with van der Waals surface area (Å²) in [6.07, 6.45) is 3.09. The molecule has 0 bridgehead atoms. The Morgan fingerprint density at radius 3 is 2.40 bits per heavy atom. The molecule has 2 aliphatic rings. The predicted octanol–water partition coefficient (Wildman–Crippen LogP) is 0.580. The highest BCUT2D eigenvalue weighted by Gasteiger charge is 2.52. The standard InChI is InChI=1S/C19H18N2O4/c22-17(20-16(18(23)21-25)19(24)11-12-19)15-9-7-14(8-10-15)4-2-1-3-13-5-6-13/h7-10,13,16,24-25H,5-6,11-12H2,(H,20,22)(H,21,23). The van der Waals surface area contributed by atoms with Crippen LogP contribution in [0.1, 0.15) is 41.6 Å². The highest BCUT2D eigenvalue weighted by molar-refractivity contribution is 5.98. The van der Waals surface area contributed by atoms with E-state index in [1.54, 1.807) is 24.3 Å². The minimum atomic E-state index is -1.30. The van der Waals surface area contributed by atoms with Gasteiger partial charge in [-0.2, -0.15) is 0 Å². The van der Waals surface area contributed by atoms with Gasteiger partial charge in [-0.05, 0) is 61.8 Å². The van der Waals surface area contributed by atoms with Gasteiger partial charge in [-0.25, -0.2) is 5.48 Å². The third kappa shape index (κ3) is 4.39. The number of hydroxylamine groups is 1. The topological polar surface area (TPSA) is 98.7 Å². The molecule has 128 valence electrons. The normalized spacial score (nSPS) is 17.8. The second-order valence-corrected chi connectivity index (χ2v) is 6.36. The van der Waals surface area contributed by atoms with Crippen LogP contribution in [0.3, 0.4) is 0 Å². The number of benzene rings is 1. The number of amides is 2. The van der Waals surface area contributed by atoms with E-state index in [0.717, 1.165) is 18.4 Å². The highest BCUT2D eigenvalue weighted by atomic mass is 16.5. The summed E-state index contributed by atoms with van der Waals surface area (Å²) in [6.45, 7) is 0. The van der Waals surface area contributed by atoms with Crippen LogP contribution < -0.4 is 10.8 Å². The van der Waals surface area contributed by atoms with Crippen LogP contribution in [-0.2, 0) is 4.79 Å². The molecule has 0 radical (unpaired) electrons. The van der Waals surface area contributed by atoms with Crippen LogP contribution in [-0.4, -0.2) is 33.8 Å². The maximum atomic E-state index is 12.3. The van der Waals surface area contributed by atoms with Crippen LogP contribution in [0.5, 0.6) is 0 Å². The van der Waals surface area contributed by atoms with Crippen molar-refractivity contribution in [2.24, 2.45) is 5.92 Å². The monoisotopic (exact) mass is 338 g/mol. The van der Waals surface area contributed by atoms with Crippen molar-refractivity contribution in [1.29, 1.82) is 0 Å². The molecule has 1 aromatic carbocycles. The zero-order valence-corrected chi connectivity index (χ0v) is 13.5. The van der Waals surface area contributed by atoms with Gasteiger partial charge in [0.1, 0.15) is 6.04 Å². The molecule has 0 aromatic heterocycles. The van der Waals surface area contributed by atoms with Crippen molar-refractivity contribution in [2.45, 2.75) is 37.3 Å². The summed E-state index contributed by atoms with van der Waals surface area (Å²) in [7, 11) is 0. The predicted molar refractivity (Wildman–Crippen MR) is 89.2 cm³/mol. The first-order chi connectivity index (χ1) is 12.0. The molecule has 6 nitrogen and oxygen atoms in total. The summed E-state index contributed by atoms with van der Waals surface area (Å²) in [5, 5.41) is 21.3. The van der Waals surface area contributed by atoms with Crippen LogP contribution in [0.25, 0.3) is 0 Å². The van der Waals surface area contributed by atoms with Gasteiger partial charge in [0.25, 0.3) is 11.8 Å². The van der Waals surface area contributed by atoms with Gasteiger partial charge in [-0.3, -0.25) is 14.8 Å². The number of carbonyl (C=O) groups is 2. The first kappa shape index (κ1) is 17.0. The Kier molecular flexibility index (Phi) is 4.76. The van der Waals surface area contributed by atoms with E-state index in [9.17, 15) is 14.7 Å². The fraction of sp³-hybridized carbons (Fsp3) is 0.368. The van der Waals surface area contributed by atoms with Crippen molar-refractivity contribution >= 4 is 11.8 Å². The van der Waals surface area contributed by atoms with E-state index in [2.05, 4.69) is 29.0 Å². The number of nitrogens with one attached hydrogen (secondary N) is 2. The lowest BCUT2D eigenvalue weighted by Crippen LogP contribution is -2.54. The average Bonchev–Trinajstić information content (AvgIpc) is 3.54. The van der Waals surface area contributed by atoms with Crippen LogP contribution in [0.15, 0.2) is 24.3 Å². The van der Waals surface area contributed by atoms with Gasteiger partial charge in [0.2, 0.25) is 0 Å². The molecule has 25 heavy (non-hydrogen) atoms. The van der Waals surface area contributed by atoms with Crippen LogP contribution >= 0.6 is 0 Å². The third-order valence-corrected chi connectivity index (χ3v) is 4.22. The molecule has 0 spiro atoms. The quantitative estimate of drug-likeness (QED) is 0.367. The maximum absolute atomic E-state index is 12.3. The van der Waals surface area contributed by atoms with Crippen molar-refractivity contribution in [2.75, 3.05) is 0 Å². The lowest BCUT2D eigenvalue weighted by atomic mass is 10.1. The van der Waals surface area contributed by atoms with Gasteiger partial charge in [0.15, 0.2) is 0 Å². The van der Waals surface area contributed by atoms with Gasteiger partial charge >= 0.3 is 0 Å². The zero-order valence-electron chi connectivity index (χ0n) is 13.5. The van der Waals surface area contributed by atoms with Gasteiger partial charge in [0, 0.05) is 17.0 Å². The van der Waals surface area contributed by atoms with E-state index in [1.165, 1.54) is 5.48 Å². The minimum absolute atomic E-state index is 0.328. The van der Waals surface area contributed by atoms with Gasteiger partial charge in [-0.1, -0.05) is 11.8 Å². The molecule has 2 aliphatic carbocycles. The fourth-order valence-corrected chi connectivity index (χ4v) is 2.31. The van der Waals surface area contributed by atoms with E-state index >= 15 is 0 Å². The molecule has 1 aromatic rings. The number of hydrogen-bond acceptors (Lipinski definition) is 4. The summed E-state index contributed by atoms with van der Waals surface area (Å²) >= 11 is 0. The molecular weight excluding hydrogens is 320 g/mol. The lowest BCUT2D eigenvalue weighted by Gasteiger charge is -2.21. The minimum Gasteiger partial charge on any atom is -0.387 e. The third-order valence-electron chi connectivity index (χ3n) is 4.22. The zero-order chi connectivity index (χ0) is 17.9. The molecule has 6 heteroatoms. The van der Waals surface area contributed by atoms with E-state index in [1.807, 2.05) is 0 Å². The smallest absolute Gasteiger partial charge is 0.268 e. The van der Waals surface area contributed by atoms with E-state index in [0.29, 0.717) is 24.3 Å². The number of rotatable bonds is 4. The molecule has 0 saturated heterocycles. The van der Waals surface area contributed by atoms with Crippen molar-refractivity contribution in [1.82, 2.24) is 10.8 Å². The molecule has 1 atom stereocenters. The van der Waals surface area contributed by atoms with Gasteiger partial charge in [-0.15, -0.1) is 0 Å². The highest BCUT2D eigenvalue weighted by Crippen LogP contribution is 2.38. The van der Waals surface area contributed by atoms with Gasteiger partial charge < -0.3 is 10.4 Å².